The van der Waals surface area contributed by atoms with Crippen LogP contribution >= 0.6 is 0 Å². The van der Waals surface area contributed by atoms with E-state index < -0.39 is 48.4 Å². The van der Waals surface area contributed by atoms with Crippen LogP contribution in [0.2, 0.25) is 0 Å². The molecule has 0 saturated heterocycles. The topological polar surface area (TPSA) is 158 Å². The largest absolute Gasteiger partial charge is 1.00 e. The molecule has 106 valence electrons. The molecule has 0 aliphatic rings. The van der Waals surface area contributed by atoms with E-state index in [9.17, 15) is 19.2 Å². The van der Waals surface area contributed by atoms with Gasteiger partial charge in [-0.3, -0.25) is 9.59 Å². The maximum absolute atomic E-state index is 11.1. The van der Waals surface area contributed by atoms with Crippen molar-refractivity contribution >= 4 is 23.9 Å². The van der Waals surface area contributed by atoms with Gasteiger partial charge in [-0.05, 0) is 6.92 Å². The van der Waals surface area contributed by atoms with Crippen LogP contribution in [0.25, 0.3) is 0 Å². The van der Waals surface area contributed by atoms with Crippen LogP contribution in [-0.2, 0) is 23.9 Å². The second-order valence-electron chi connectivity index (χ2n) is 3.54. The van der Waals surface area contributed by atoms with Crippen molar-refractivity contribution in [2.24, 2.45) is 0 Å². The van der Waals surface area contributed by atoms with Gasteiger partial charge in [0.2, 0.25) is 5.60 Å². The second kappa shape index (κ2) is 10.6. The fourth-order valence-electron chi connectivity index (χ4n) is 1.10. The number of rotatable bonds is 7. The number of aliphatic carboxylic acids is 3. The third-order valence-corrected chi connectivity index (χ3v) is 1.90. The van der Waals surface area contributed by atoms with Gasteiger partial charge in [0.1, 0.15) is 6.10 Å². The van der Waals surface area contributed by atoms with Crippen molar-refractivity contribution < 1.29 is 106 Å². The number of hydrogen-bond donors (Lipinski definition) is 4. The maximum atomic E-state index is 11.1. The number of carbonyl (C=O) groups excluding carboxylic acids is 1. The van der Waals surface area contributed by atoms with Gasteiger partial charge in [-0.2, -0.15) is 0 Å². The van der Waals surface area contributed by atoms with Crippen LogP contribution in [0.1, 0.15) is 22.6 Å². The Bertz CT molecular complexity index is 373. The van der Waals surface area contributed by atoms with Crippen molar-refractivity contribution in [3.8, 4) is 0 Å². The normalized spacial score (nSPS) is 11.3. The average Bonchev–Trinajstić information content (AvgIpc) is 2.14. The van der Waals surface area contributed by atoms with Gasteiger partial charge in [-0.25, -0.2) is 9.59 Å². The molecule has 0 radical (unpaired) electrons. The molecule has 4 N–H and O–H groups in total. The summed E-state index contributed by atoms with van der Waals surface area (Å²) in [6.07, 6.45) is -4.16. The number of carboxylic acid groups (broad SMARTS) is 3. The summed E-state index contributed by atoms with van der Waals surface area (Å²) in [5.74, 6) is -6.64. The van der Waals surface area contributed by atoms with E-state index in [-0.39, 0.29) is 62.0 Å². The zero-order valence-electron chi connectivity index (χ0n) is 13.3. The van der Waals surface area contributed by atoms with Gasteiger partial charge in [0.05, 0.1) is 12.8 Å². The van der Waals surface area contributed by atoms with Gasteiger partial charge in [-0.1, -0.05) is 0 Å². The van der Waals surface area contributed by atoms with Crippen molar-refractivity contribution in [2.45, 2.75) is 31.5 Å². The summed E-state index contributed by atoms with van der Waals surface area (Å²) in [7, 11) is 0. The minimum atomic E-state index is -2.74. The molecule has 1 unspecified atom stereocenters. The summed E-state index contributed by atoms with van der Waals surface area (Å²) in [5, 5.41) is 34.8. The van der Waals surface area contributed by atoms with Crippen LogP contribution in [0.4, 0.5) is 0 Å². The quantitative estimate of drug-likeness (QED) is 0.264. The molecule has 0 fully saturated rings. The van der Waals surface area contributed by atoms with Crippen LogP contribution < -0.4 is 59.1 Å². The first kappa shape index (κ1) is 24.8. The van der Waals surface area contributed by atoms with Gasteiger partial charge in [0, 0.05) is 0 Å². The van der Waals surface area contributed by atoms with Crippen LogP contribution in [0.15, 0.2) is 0 Å². The maximum Gasteiger partial charge on any atom is 1.00 e. The number of aliphatic hydroxyl groups excluding tert-OH is 1. The molecule has 20 heavy (non-hydrogen) atoms. The molecule has 9 nitrogen and oxygen atoms in total. The van der Waals surface area contributed by atoms with Crippen LogP contribution in [0, 0.1) is 0 Å². The van der Waals surface area contributed by atoms with E-state index in [0.29, 0.717) is 0 Å². The van der Waals surface area contributed by atoms with E-state index in [1.807, 2.05) is 0 Å². The Balaban J connectivity index is -0.000000241. The van der Waals surface area contributed by atoms with E-state index >= 15 is 0 Å². The van der Waals surface area contributed by atoms with Crippen LogP contribution in [0.3, 0.4) is 0 Å². The van der Waals surface area contributed by atoms with E-state index in [2.05, 4.69) is 4.74 Å². The first-order chi connectivity index (χ1) is 8.10. The minimum absolute atomic E-state index is 0. The number of esters is 1. The minimum Gasteiger partial charge on any atom is -1.00 e. The van der Waals surface area contributed by atoms with Gasteiger partial charge in [0.15, 0.2) is 0 Å². The number of carboxylic acids is 3. The average molecular weight is 312 g/mol. The van der Waals surface area contributed by atoms with Crippen molar-refractivity contribution in [1.29, 1.82) is 0 Å². The predicted octanol–water partition coefficient (Wildman–Crippen LogP) is -7.08. The number of aliphatic hydroxyl groups is 1. The van der Waals surface area contributed by atoms with Crippen molar-refractivity contribution in [3.63, 3.8) is 0 Å². The molecule has 1 atom stereocenters. The second-order valence-corrected chi connectivity index (χ2v) is 3.54. The summed E-state index contributed by atoms with van der Waals surface area (Å²) < 4.78 is 4.33. The van der Waals surface area contributed by atoms with E-state index in [1.165, 1.54) is 0 Å². The zero-order chi connectivity index (χ0) is 14.5. The molecule has 0 heterocycles. The third kappa shape index (κ3) is 8.20. The standard InChI is InChI=1S/C9H12O9.2Na.2H/c1-4(10)7(15)18-9(8(16)17,2-5(11)12)3-6(13)14;;;;/h4,10H,2-3H2,1H3,(H,11,12)(H,13,14)(H,16,17);;;;/q;2*+1;2*-1. The molecule has 0 amide bonds. The molecule has 0 aliphatic heterocycles. The molecule has 0 aliphatic carbocycles. The van der Waals surface area contributed by atoms with Crippen molar-refractivity contribution in [2.75, 3.05) is 0 Å². The van der Waals surface area contributed by atoms with E-state index in [4.69, 9.17) is 20.4 Å². The fraction of sp³-hybridized carbons (Fsp3) is 0.556. The molecule has 0 saturated carbocycles. The molecule has 0 aromatic heterocycles. The molecule has 0 bridgehead atoms. The monoisotopic (exact) mass is 312 g/mol. The summed E-state index contributed by atoms with van der Waals surface area (Å²) in [4.78, 5) is 43.2. The number of carbonyl (C=O) groups is 4. The third-order valence-electron chi connectivity index (χ3n) is 1.90. The van der Waals surface area contributed by atoms with Gasteiger partial charge in [0.25, 0.3) is 0 Å². The Morgan fingerprint density at radius 2 is 1.40 bits per heavy atom. The van der Waals surface area contributed by atoms with Gasteiger partial charge >= 0.3 is 83.0 Å². The Morgan fingerprint density at radius 3 is 1.60 bits per heavy atom. The molecule has 0 aromatic carbocycles. The summed E-state index contributed by atoms with van der Waals surface area (Å²) in [6, 6.07) is 0. The van der Waals surface area contributed by atoms with E-state index in [0.717, 1.165) is 6.92 Å². The SMILES string of the molecule is CC(O)C(=O)OC(CC(=O)O)(CC(=O)O)C(=O)O.[H-].[H-].[Na+].[Na+]. The number of ether oxygens (including phenoxy) is 1. The predicted molar refractivity (Wildman–Crippen MR) is 54.9 cm³/mol. The van der Waals surface area contributed by atoms with Gasteiger partial charge in [-0.15, -0.1) is 0 Å². The number of hydrogen-bond acceptors (Lipinski definition) is 6. The fourth-order valence-corrected chi connectivity index (χ4v) is 1.10. The molecular formula is C9H14Na2O9. The first-order valence-electron chi connectivity index (χ1n) is 4.68. The zero-order valence-corrected chi connectivity index (χ0v) is 15.3. The van der Waals surface area contributed by atoms with Gasteiger partial charge < -0.3 is 28.0 Å². The summed E-state index contributed by atoms with van der Waals surface area (Å²) >= 11 is 0. The van der Waals surface area contributed by atoms with E-state index in [1.54, 1.807) is 0 Å². The summed E-state index contributed by atoms with van der Waals surface area (Å²) in [5.41, 5.74) is -2.74. The molecular weight excluding hydrogens is 298 g/mol. The Kier molecular flexibility index (Phi) is 13.1. The smallest absolute Gasteiger partial charge is 1.00 e. The van der Waals surface area contributed by atoms with Crippen molar-refractivity contribution in [1.82, 2.24) is 0 Å². The Morgan fingerprint density at radius 1 is 1.05 bits per heavy atom. The first-order valence-corrected chi connectivity index (χ1v) is 4.68. The van der Waals surface area contributed by atoms with Crippen LogP contribution in [0.5, 0.6) is 0 Å². The molecule has 0 rings (SSSR count). The van der Waals surface area contributed by atoms with Crippen molar-refractivity contribution in [3.05, 3.63) is 0 Å². The Hall–Kier alpha value is -0.160. The molecule has 11 heteroatoms. The Labute approximate surface area is 160 Å². The summed E-state index contributed by atoms with van der Waals surface area (Å²) in [6.45, 7) is 0.969. The molecule has 0 spiro atoms. The molecule has 0 aromatic rings. The van der Waals surface area contributed by atoms with Crippen LogP contribution in [-0.4, -0.2) is 56.0 Å².